The number of benzene rings is 1. The van der Waals surface area contributed by atoms with Crippen LogP contribution in [0.1, 0.15) is 21.7 Å². The molecule has 6 heteroatoms. The van der Waals surface area contributed by atoms with Gasteiger partial charge in [0.1, 0.15) is 5.76 Å². The van der Waals surface area contributed by atoms with E-state index in [1.54, 1.807) is 24.3 Å². The molecule has 2 amide bonds. The van der Waals surface area contributed by atoms with E-state index in [4.69, 9.17) is 9.52 Å². The van der Waals surface area contributed by atoms with Crippen molar-refractivity contribution in [3.8, 4) is 0 Å². The molecule has 0 unspecified atom stereocenters. The van der Waals surface area contributed by atoms with Crippen molar-refractivity contribution in [3.63, 3.8) is 0 Å². The lowest BCUT2D eigenvalue weighted by atomic mass is 10.1. The molecular formula is C14H14N2O4. The first-order valence-corrected chi connectivity index (χ1v) is 6.01. The highest BCUT2D eigenvalue weighted by Gasteiger charge is 2.05. The van der Waals surface area contributed by atoms with Crippen LogP contribution in [0.25, 0.3) is 0 Å². The molecule has 20 heavy (non-hydrogen) atoms. The molecule has 0 radical (unpaired) electrons. The number of nitrogens with one attached hydrogen (secondary N) is 2. The minimum atomic E-state index is -0.992. The molecule has 1 aromatic carbocycles. The van der Waals surface area contributed by atoms with Gasteiger partial charge in [-0.05, 0) is 29.8 Å². The van der Waals surface area contributed by atoms with Crippen molar-refractivity contribution >= 4 is 12.0 Å². The van der Waals surface area contributed by atoms with Crippen molar-refractivity contribution in [2.24, 2.45) is 0 Å². The van der Waals surface area contributed by atoms with Gasteiger partial charge in [0.2, 0.25) is 0 Å². The molecule has 3 N–H and O–H groups in total. The zero-order chi connectivity index (χ0) is 14.4. The fourth-order valence-corrected chi connectivity index (χ4v) is 1.64. The minimum Gasteiger partial charge on any atom is -0.478 e. The Kier molecular flexibility index (Phi) is 4.39. The van der Waals surface area contributed by atoms with E-state index in [1.807, 2.05) is 0 Å². The summed E-state index contributed by atoms with van der Waals surface area (Å²) >= 11 is 0. The molecule has 104 valence electrons. The van der Waals surface area contributed by atoms with Crippen LogP contribution in [0.2, 0.25) is 0 Å². The summed E-state index contributed by atoms with van der Waals surface area (Å²) in [5.74, 6) is -0.331. The van der Waals surface area contributed by atoms with E-state index >= 15 is 0 Å². The van der Waals surface area contributed by atoms with Crippen LogP contribution < -0.4 is 10.6 Å². The SMILES string of the molecule is O=C(NCc1cccc(C(=O)O)c1)NCc1ccco1. The van der Waals surface area contributed by atoms with Crippen molar-refractivity contribution in [3.05, 3.63) is 59.5 Å². The molecule has 1 heterocycles. The summed E-state index contributed by atoms with van der Waals surface area (Å²) in [5, 5.41) is 14.1. The van der Waals surface area contributed by atoms with Gasteiger partial charge in [0.25, 0.3) is 0 Å². The smallest absolute Gasteiger partial charge is 0.335 e. The maximum Gasteiger partial charge on any atom is 0.335 e. The summed E-state index contributed by atoms with van der Waals surface area (Å²) in [4.78, 5) is 22.4. The molecule has 0 saturated carbocycles. The van der Waals surface area contributed by atoms with Gasteiger partial charge in [-0.2, -0.15) is 0 Å². The van der Waals surface area contributed by atoms with Gasteiger partial charge < -0.3 is 20.2 Å². The van der Waals surface area contributed by atoms with Gasteiger partial charge in [-0.3, -0.25) is 0 Å². The minimum absolute atomic E-state index is 0.195. The van der Waals surface area contributed by atoms with Crippen molar-refractivity contribution < 1.29 is 19.1 Å². The Morgan fingerprint density at radius 3 is 2.60 bits per heavy atom. The van der Waals surface area contributed by atoms with Crippen molar-refractivity contribution in [1.29, 1.82) is 0 Å². The molecule has 0 aliphatic carbocycles. The summed E-state index contributed by atoms with van der Waals surface area (Å²) < 4.78 is 5.08. The van der Waals surface area contributed by atoms with Gasteiger partial charge in [0.15, 0.2) is 0 Å². The number of carboxylic acids is 1. The number of amides is 2. The number of furan rings is 1. The van der Waals surface area contributed by atoms with Crippen LogP contribution in [0.4, 0.5) is 4.79 Å². The molecule has 2 aromatic rings. The summed E-state index contributed by atoms with van der Waals surface area (Å²) in [6.07, 6.45) is 1.53. The lowest BCUT2D eigenvalue weighted by Gasteiger charge is -2.07. The number of carbonyl (C=O) groups excluding carboxylic acids is 1. The van der Waals surface area contributed by atoms with E-state index in [2.05, 4.69) is 10.6 Å². The number of aromatic carboxylic acids is 1. The van der Waals surface area contributed by atoms with Gasteiger partial charge in [0.05, 0.1) is 18.4 Å². The molecule has 0 aliphatic heterocycles. The largest absolute Gasteiger partial charge is 0.478 e. The molecule has 2 rings (SSSR count). The predicted octanol–water partition coefficient (Wildman–Crippen LogP) is 1.98. The fourth-order valence-electron chi connectivity index (χ4n) is 1.64. The molecule has 0 bridgehead atoms. The topological polar surface area (TPSA) is 91.6 Å². The zero-order valence-corrected chi connectivity index (χ0v) is 10.6. The monoisotopic (exact) mass is 274 g/mol. The quantitative estimate of drug-likeness (QED) is 0.777. The first kappa shape index (κ1) is 13.7. The predicted molar refractivity (Wildman–Crippen MR) is 71.2 cm³/mol. The van der Waals surface area contributed by atoms with Crippen LogP contribution in [-0.2, 0) is 13.1 Å². The van der Waals surface area contributed by atoms with E-state index in [1.165, 1.54) is 18.4 Å². The van der Waals surface area contributed by atoms with Crippen LogP contribution in [-0.4, -0.2) is 17.1 Å². The van der Waals surface area contributed by atoms with Crippen LogP contribution in [0.15, 0.2) is 47.1 Å². The maximum absolute atomic E-state index is 11.6. The Bertz CT molecular complexity index is 593. The van der Waals surface area contributed by atoms with Crippen LogP contribution in [0.5, 0.6) is 0 Å². The summed E-state index contributed by atoms with van der Waals surface area (Å²) in [5.41, 5.74) is 0.915. The number of carboxylic acid groups (broad SMARTS) is 1. The van der Waals surface area contributed by atoms with Crippen LogP contribution >= 0.6 is 0 Å². The second-order valence-corrected chi connectivity index (χ2v) is 4.12. The normalized spacial score (nSPS) is 10.0. The number of urea groups is 1. The first-order valence-electron chi connectivity index (χ1n) is 6.01. The van der Waals surface area contributed by atoms with Gasteiger partial charge >= 0.3 is 12.0 Å². The Hall–Kier alpha value is -2.76. The molecule has 1 aromatic heterocycles. The summed E-state index contributed by atoms with van der Waals surface area (Å²) in [7, 11) is 0. The summed E-state index contributed by atoms with van der Waals surface area (Å²) in [6, 6.07) is 9.57. The van der Waals surface area contributed by atoms with E-state index in [9.17, 15) is 9.59 Å². The highest BCUT2D eigenvalue weighted by Crippen LogP contribution is 2.05. The molecule has 0 saturated heterocycles. The van der Waals surface area contributed by atoms with Crippen LogP contribution in [0.3, 0.4) is 0 Å². The Morgan fingerprint density at radius 1 is 1.10 bits per heavy atom. The third-order valence-corrected chi connectivity index (χ3v) is 2.63. The third kappa shape index (κ3) is 3.88. The second kappa shape index (κ2) is 6.42. The Balaban J connectivity index is 1.81. The van der Waals surface area contributed by atoms with E-state index in [0.717, 1.165) is 5.56 Å². The third-order valence-electron chi connectivity index (χ3n) is 2.63. The number of carbonyl (C=O) groups is 2. The second-order valence-electron chi connectivity index (χ2n) is 4.12. The van der Waals surface area contributed by atoms with Gasteiger partial charge in [-0.1, -0.05) is 12.1 Å². The molecule has 0 spiro atoms. The standard InChI is InChI=1S/C14H14N2O4/c17-13(18)11-4-1-3-10(7-11)8-15-14(19)16-9-12-5-2-6-20-12/h1-7H,8-9H2,(H,17,18)(H2,15,16,19). The number of hydrogen-bond donors (Lipinski definition) is 3. The Morgan fingerprint density at radius 2 is 1.90 bits per heavy atom. The average molecular weight is 274 g/mol. The van der Waals surface area contributed by atoms with Gasteiger partial charge in [-0.15, -0.1) is 0 Å². The molecule has 6 nitrogen and oxygen atoms in total. The highest BCUT2D eigenvalue weighted by atomic mass is 16.4. The number of rotatable bonds is 5. The molecule has 0 atom stereocenters. The zero-order valence-electron chi connectivity index (χ0n) is 10.6. The lowest BCUT2D eigenvalue weighted by Crippen LogP contribution is -2.34. The van der Waals surface area contributed by atoms with Crippen molar-refractivity contribution in [2.75, 3.05) is 0 Å². The number of hydrogen-bond acceptors (Lipinski definition) is 3. The van der Waals surface area contributed by atoms with Crippen molar-refractivity contribution in [2.45, 2.75) is 13.1 Å². The van der Waals surface area contributed by atoms with Gasteiger partial charge in [-0.25, -0.2) is 9.59 Å². The van der Waals surface area contributed by atoms with E-state index < -0.39 is 5.97 Å². The highest BCUT2D eigenvalue weighted by molar-refractivity contribution is 5.87. The van der Waals surface area contributed by atoms with Gasteiger partial charge in [0, 0.05) is 6.54 Å². The molecule has 0 fully saturated rings. The maximum atomic E-state index is 11.6. The Labute approximate surface area is 115 Å². The summed E-state index contributed by atoms with van der Waals surface area (Å²) in [6.45, 7) is 0.555. The van der Waals surface area contributed by atoms with Crippen LogP contribution in [0, 0.1) is 0 Å². The van der Waals surface area contributed by atoms with E-state index in [-0.39, 0.29) is 18.1 Å². The fraction of sp³-hybridized carbons (Fsp3) is 0.143. The first-order chi connectivity index (χ1) is 9.65. The molecular weight excluding hydrogens is 260 g/mol. The average Bonchev–Trinajstić information content (AvgIpc) is 2.96. The van der Waals surface area contributed by atoms with E-state index in [0.29, 0.717) is 12.3 Å². The lowest BCUT2D eigenvalue weighted by molar-refractivity contribution is 0.0696. The molecule has 0 aliphatic rings. The van der Waals surface area contributed by atoms with Crippen molar-refractivity contribution in [1.82, 2.24) is 10.6 Å².